The van der Waals surface area contributed by atoms with Crippen LogP contribution in [-0.2, 0) is 0 Å². The summed E-state index contributed by atoms with van der Waals surface area (Å²) in [4.78, 5) is 4.23. The summed E-state index contributed by atoms with van der Waals surface area (Å²) < 4.78 is 5.39. The van der Waals surface area contributed by atoms with Crippen molar-refractivity contribution in [3.63, 3.8) is 0 Å². The summed E-state index contributed by atoms with van der Waals surface area (Å²) >= 11 is 1.54. The van der Waals surface area contributed by atoms with Crippen molar-refractivity contribution >= 4 is 17.6 Å². The second kappa shape index (κ2) is 5.65. The lowest BCUT2D eigenvalue weighted by atomic mass is 10.3. The quantitative estimate of drug-likeness (QED) is 0.201. The first kappa shape index (κ1) is 11.9. The van der Waals surface area contributed by atoms with Crippen LogP contribution in [0.3, 0.4) is 0 Å². The molecule has 15 heavy (non-hydrogen) atoms. The monoisotopic (exact) mass is 229 g/mol. The van der Waals surface area contributed by atoms with E-state index in [-0.39, 0.29) is 5.84 Å². The fraction of sp³-hybridized carbons (Fsp3) is 0.556. The normalized spacial score (nSPS) is 12.0. The van der Waals surface area contributed by atoms with Crippen LogP contribution in [0.15, 0.2) is 14.8 Å². The third-order valence-electron chi connectivity index (χ3n) is 1.94. The molecule has 1 heterocycles. The zero-order valence-electron chi connectivity index (χ0n) is 8.86. The average molecular weight is 229 g/mol. The molecule has 0 saturated carbocycles. The van der Waals surface area contributed by atoms with Crippen LogP contribution in [0.2, 0.25) is 0 Å². The van der Waals surface area contributed by atoms with Crippen LogP contribution in [0.25, 0.3) is 0 Å². The van der Waals surface area contributed by atoms with E-state index < -0.39 is 0 Å². The molecule has 5 nitrogen and oxygen atoms in total. The maximum Gasteiger partial charge on any atom is 0.256 e. The molecular formula is C9H15N3O2S. The van der Waals surface area contributed by atoms with Gasteiger partial charge in [0.2, 0.25) is 0 Å². The van der Waals surface area contributed by atoms with Crippen LogP contribution in [-0.4, -0.2) is 21.8 Å². The van der Waals surface area contributed by atoms with E-state index in [0.717, 1.165) is 23.6 Å². The molecule has 6 heteroatoms. The fourth-order valence-corrected chi connectivity index (χ4v) is 1.82. The first-order chi connectivity index (χ1) is 7.13. The summed E-state index contributed by atoms with van der Waals surface area (Å²) in [6.07, 6.45) is 1.42. The van der Waals surface area contributed by atoms with Gasteiger partial charge < -0.3 is 15.4 Å². The number of aryl methyl sites for hydroxylation is 2. The van der Waals surface area contributed by atoms with Crippen molar-refractivity contribution in [1.29, 1.82) is 0 Å². The zero-order valence-corrected chi connectivity index (χ0v) is 9.67. The van der Waals surface area contributed by atoms with Crippen LogP contribution in [0.4, 0.5) is 0 Å². The van der Waals surface area contributed by atoms with Crippen molar-refractivity contribution in [1.82, 2.24) is 4.98 Å². The van der Waals surface area contributed by atoms with Gasteiger partial charge in [0.15, 0.2) is 0 Å². The van der Waals surface area contributed by atoms with Gasteiger partial charge in [-0.2, -0.15) is 0 Å². The molecule has 0 bridgehead atoms. The highest BCUT2D eigenvalue weighted by Gasteiger charge is 2.05. The molecule has 0 amide bonds. The Morgan fingerprint density at radius 3 is 2.87 bits per heavy atom. The van der Waals surface area contributed by atoms with Gasteiger partial charge in [-0.1, -0.05) is 16.9 Å². The lowest BCUT2D eigenvalue weighted by Gasteiger charge is -1.96. The first-order valence-electron chi connectivity index (χ1n) is 4.66. The van der Waals surface area contributed by atoms with Gasteiger partial charge in [0.25, 0.3) is 5.22 Å². The summed E-state index contributed by atoms with van der Waals surface area (Å²) in [6.45, 7) is 3.81. The van der Waals surface area contributed by atoms with E-state index in [4.69, 9.17) is 15.4 Å². The second-order valence-electron chi connectivity index (χ2n) is 3.16. The van der Waals surface area contributed by atoms with Gasteiger partial charge in [-0.3, -0.25) is 0 Å². The van der Waals surface area contributed by atoms with Crippen molar-refractivity contribution in [3.8, 4) is 0 Å². The van der Waals surface area contributed by atoms with E-state index in [1.807, 2.05) is 13.8 Å². The Balaban J connectivity index is 2.26. The van der Waals surface area contributed by atoms with E-state index in [0.29, 0.717) is 11.6 Å². The standard InChI is InChI=1S/C9H15N3O2S/c1-6-7(2)14-9(11-6)15-5-3-4-8(10)12-13/h13H,3-5H2,1-2H3,(H2,10,12). The summed E-state index contributed by atoms with van der Waals surface area (Å²) in [5.41, 5.74) is 6.26. The van der Waals surface area contributed by atoms with Crippen molar-refractivity contribution in [3.05, 3.63) is 11.5 Å². The van der Waals surface area contributed by atoms with Crippen molar-refractivity contribution < 1.29 is 9.62 Å². The van der Waals surface area contributed by atoms with Crippen LogP contribution < -0.4 is 5.73 Å². The number of oxazole rings is 1. The van der Waals surface area contributed by atoms with Crippen LogP contribution in [0, 0.1) is 13.8 Å². The summed E-state index contributed by atoms with van der Waals surface area (Å²) in [5, 5.41) is 11.9. The summed E-state index contributed by atoms with van der Waals surface area (Å²) in [5.74, 6) is 1.96. The Hall–Kier alpha value is -1.17. The van der Waals surface area contributed by atoms with E-state index in [9.17, 15) is 0 Å². The number of amidine groups is 1. The number of aromatic nitrogens is 1. The molecule has 84 valence electrons. The number of hydrogen-bond donors (Lipinski definition) is 2. The van der Waals surface area contributed by atoms with E-state index in [1.165, 1.54) is 11.8 Å². The number of nitrogens with two attached hydrogens (primary N) is 1. The Labute approximate surface area is 92.7 Å². The fourth-order valence-electron chi connectivity index (χ4n) is 0.968. The molecule has 1 aromatic rings. The molecule has 0 aliphatic heterocycles. The highest BCUT2D eigenvalue weighted by molar-refractivity contribution is 7.99. The minimum absolute atomic E-state index is 0.260. The van der Waals surface area contributed by atoms with Crippen molar-refractivity contribution in [2.75, 3.05) is 5.75 Å². The molecule has 0 fully saturated rings. The molecule has 0 atom stereocenters. The molecule has 0 unspecified atom stereocenters. The molecule has 0 aliphatic rings. The molecule has 0 aromatic carbocycles. The molecule has 0 aliphatic carbocycles. The lowest BCUT2D eigenvalue weighted by Crippen LogP contribution is -2.11. The Bertz CT molecular complexity index is 330. The zero-order chi connectivity index (χ0) is 11.3. The third-order valence-corrected chi connectivity index (χ3v) is 2.85. The Morgan fingerprint density at radius 1 is 1.60 bits per heavy atom. The van der Waals surface area contributed by atoms with Gasteiger partial charge in [0.05, 0.1) is 5.69 Å². The number of nitrogens with zero attached hydrogens (tertiary/aromatic N) is 2. The number of rotatable bonds is 5. The maximum absolute atomic E-state index is 8.32. The van der Waals surface area contributed by atoms with E-state index >= 15 is 0 Å². The molecule has 0 radical (unpaired) electrons. The number of hydrogen-bond acceptors (Lipinski definition) is 5. The first-order valence-corrected chi connectivity index (χ1v) is 5.65. The predicted octanol–water partition coefficient (Wildman–Crippen LogP) is 1.91. The van der Waals surface area contributed by atoms with Crippen LogP contribution >= 0.6 is 11.8 Å². The highest BCUT2D eigenvalue weighted by atomic mass is 32.2. The smallest absolute Gasteiger partial charge is 0.256 e. The number of oxime groups is 1. The molecule has 1 rings (SSSR count). The number of thioether (sulfide) groups is 1. The average Bonchev–Trinajstić information content (AvgIpc) is 2.53. The maximum atomic E-state index is 8.32. The molecular weight excluding hydrogens is 214 g/mol. The van der Waals surface area contributed by atoms with Gasteiger partial charge in [-0.05, 0) is 20.3 Å². The molecule has 0 saturated heterocycles. The topological polar surface area (TPSA) is 84.6 Å². The summed E-state index contributed by atoms with van der Waals surface area (Å²) in [7, 11) is 0. The second-order valence-corrected chi connectivity index (χ2v) is 4.21. The van der Waals surface area contributed by atoms with Gasteiger partial charge in [-0.25, -0.2) is 4.98 Å². The minimum atomic E-state index is 0.260. The van der Waals surface area contributed by atoms with Gasteiger partial charge in [0, 0.05) is 12.2 Å². The SMILES string of the molecule is Cc1nc(SCCCC(N)=NO)oc1C. The van der Waals surface area contributed by atoms with Gasteiger partial charge in [0.1, 0.15) is 11.6 Å². The van der Waals surface area contributed by atoms with Gasteiger partial charge >= 0.3 is 0 Å². The summed E-state index contributed by atoms with van der Waals surface area (Å²) in [6, 6.07) is 0. The Kier molecular flexibility index (Phi) is 4.48. The van der Waals surface area contributed by atoms with Crippen molar-refractivity contribution in [2.45, 2.75) is 31.9 Å². The lowest BCUT2D eigenvalue weighted by molar-refractivity contribution is 0.317. The van der Waals surface area contributed by atoms with Crippen molar-refractivity contribution in [2.24, 2.45) is 10.9 Å². The van der Waals surface area contributed by atoms with E-state index in [1.54, 1.807) is 0 Å². The highest BCUT2D eigenvalue weighted by Crippen LogP contribution is 2.20. The minimum Gasteiger partial charge on any atom is -0.437 e. The van der Waals surface area contributed by atoms with E-state index in [2.05, 4.69) is 10.1 Å². The molecule has 3 N–H and O–H groups in total. The van der Waals surface area contributed by atoms with Crippen LogP contribution in [0.1, 0.15) is 24.3 Å². The van der Waals surface area contributed by atoms with Crippen LogP contribution in [0.5, 0.6) is 0 Å². The largest absolute Gasteiger partial charge is 0.437 e. The third kappa shape index (κ3) is 3.83. The predicted molar refractivity (Wildman–Crippen MR) is 59.3 cm³/mol. The molecule has 0 spiro atoms. The molecule has 1 aromatic heterocycles. The Morgan fingerprint density at radius 2 is 2.33 bits per heavy atom. The van der Waals surface area contributed by atoms with Gasteiger partial charge in [-0.15, -0.1) is 0 Å².